The van der Waals surface area contributed by atoms with E-state index in [4.69, 9.17) is 5.73 Å². The molecule has 20 heavy (non-hydrogen) atoms. The topological polar surface area (TPSA) is 29.3 Å². The van der Waals surface area contributed by atoms with Crippen molar-refractivity contribution in [1.82, 2.24) is 4.90 Å². The van der Waals surface area contributed by atoms with Crippen LogP contribution in [0.1, 0.15) is 72.6 Å². The maximum absolute atomic E-state index is 6.32. The summed E-state index contributed by atoms with van der Waals surface area (Å²) in [5.74, 6) is 1.60. The lowest BCUT2D eigenvalue weighted by Gasteiger charge is -2.55. The Balaban J connectivity index is 2.13. The van der Waals surface area contributed by atoms with Gasteiger partial charge in [0.2, 0.25) is 0 Å². The van der Waals surface area contributed by atoms with E-state index in [9.17, 15) is 0 Å². The third-order valence-electron chi connectivity index (χ3n) is 6.52. The average molecular weight is 280 g/mol. The Morgan fingerprint density at radius 2 is 1.85 bits per heavy atom. The molecule has 0 amide bonds. The Labute approximate surface area is 126 Å². The smallest absolute Gasteiger partial charge is 0.0357 e. The van der Waals surface area contributed by atoms with Crippen molar-refractivity contribution in [1.29, 1.82) is 0 Å². The SMILES string of the molecule is CC1CCCC(N(C)C2(CN)CCC(C)(C)CC2C)C1. The van der Waals surface area contributed by atoms with E-state index in [-0.39, 0.29) is 5.54 Å². The molecule has 118 valence electrons. The molecule has 2 rings (SSSR count). The van der Waals surface area contributed by atoms with Crippen molar-refractivity contribution < 1.29 is 0 Å². The van der Waals surface area contributed by atoms with Gasteiger partial charge in [-0.3, -0.25) is 4.90 Å². The lowest BCUT2D eigenvalue weighted by atomic mass is 9.62. The predicted molar refractivity (Wildman–Crippen MR) is 87.8 cm³/mol. The summed E-state index contributed by atoms with van der Waals surface area (Å²) in [4.78, 5) is 2.71. The lowest BCUT2D eigenvalue weighted by Crippen LogP contribution is -2.62. The van der Waals surface area contributed by atoms with Crippen LogP contribution in [0.5, 0.6) is 0 Å². The Morgan fingerprint density at radius 1 is 1.15 bits per heavy atom. The Kier molecular flexibility index (Phi) is 4.86. The molecule has 2 saturated carbocycles. The molecule has 4 atom stereocenters. The molecule has 0 saturated heterocycles. The molecule has 2 nitrogen and oxygen atoms in total. The fourth-order valence-corrected chi connectivity index (χ4v) is 5.01. The zero-order chi connectivity index (χ0) is 15.0. The first-order valence-corrected chi connectivity index (χ1v) is 8.74. The summed E-state index contributed by atoms with van der Waals surface area (Å²) in [5, 5.41) is 0. The van der Waals surface area contributed by atoms with E-state index in [0.717, 1.165) is 18.5 Å². The molecule has 4 unspecified atom stereocenters. The first kappa shape index (κ1) is 16.3. The molecule has 0 heterocycles. The van der Waals surface area contributed by atoms with E-state index in [0.29, 0.717) is 11.3 Å². The van der Waals surface area contributed by atoms with E-state index in [1.807, 2.05) is 0 Å². The van der Waals surface area contributed by atoms with Gasteiger partial charge in [0.25, 0.3) is 0 Å². The fraction of sp³-hybridized carbons (Fsp3) is 1.00. The van der Waals surface area contributed by atoms with Gasteiger partial charge in [0.1, 0.15) is 0 Å². The highest BCUT2D eigenvalue weighted by molar-refractivity contribution is 5.03. The first-order chi connectivity index (χ1) is 9.31. The summed E-state index contributed by atoms with van der Waals surface area (Å²) < 4.78 is 0. The quantitative estimate of drug-likeness (QED) is 0.845. The van der Waals surface area contributed by atoms with Gasteiger partial charge in [-0.05, 0) is 56.4 Å². The fourth-order valence-electron chi connectivity index (χ4n) is 5.01. The molecular weight excluding hydrogens is 244 g/mol. The van der Waals surface area contributed by atoms with Crippen LogP contribution in [0, 0.1) is 17.3 Å². The van der Waals surface area contributed by atoms with Gasteiger partial charge < -0.3 is 5.73 Å². The number of rotatable bonds is 3. The number of nitrogens with two attached hydrogens (primary N) is 1. The van der Waals surface area contributed by atoms with Crippen molar-refractivity contribution in [3.8, 4) is 0 Å². The predicted octanol–water partition coefficient (Wildman–Crippen LogP) is 4.04. The molecule has 2 fully saturated rings. The van der Waals surface area contributed by atoms with Crippen molar-refractivity contribution in [3.05, 3.63) is 0 Å². The van der Waals surface area contributed by atoms with Gasteiger partial charge in [-0.25, -0.2) is 0 Å². The highest BCUT2D eigenvalue weighted by atomic mass is 15.2. The van der Waals surface area contributed by atoms with Gasteiger partial charge in [-0.15, -0.1) is 0 Å². The average Bonchev–Trinajstić information content (AvgIpc) is 2.38. The van der Waals surface area contributed by atoms with Crippen LogP contribution in [0.15, 0.2) is 0 Å². The van der Waals surface area contributed by atoms with E-state index >= 15 is 0 Å². The van der Waals surface area contributed by atoms with Gasteiger partial charge in [0, 0.05) is 18.1 Å². The number of nitrogens with zero attached hydrogens (tertiary/aromatic N) is 1. The lowest BCUT2D eigenvalue weighted by molar-refractivity contribution is -0.0418. The Hall–Kier alpha value is -0.0800. The molecule has 0 aromatic carbocycles. The Morgan fingerprint density at radius 3 is 2.40 bits per heavy atom. The normalized spacial score (nSPS) is 41.9. The molecule has 0 aliphatic heterocycles. The summed E-state index contributed by atoms with van der Waals surface area (Å²) in [6.45, 7) is 10.5. The Bertz CT molecular complexity index is 325. The maximum atomic E-state index is 6.32. The molecule has 0 aromatic rings. The maximum Gasteiger partial charge on any atom is 0.0357 e. The van der Waals surface area contributed by atoms with Crippen LogP contribution < -0.4 is 5.73 Å². The zero-order valence-electron chi connectivity index (χ0n) is 14.4. The number of hydrogen-bond acceptors (Lipinski definition) is 2. The molecular formula is C18H36N2. The van der Waals surface area contributed by atoms with E-state index in [1.54, 1.807) is 0 Å². The van der Waals surface area contributed by atoms with Crippen LogP contribution in [-0.4, -0.2) is 30.1 Å². The van der Waals surface area contributed by atoms with Crippen molar-refractivity contribution in [2.75, 3.05) is 13.6 Å². The highest BCUT2D eigenvalue weighted by Crippen LogP contribution is 2.47. The molecule has 2 aliphatic rings. The van der Waals surface area contributed by atoms with Gasteiger partial charge >= 0.3 is 0 Å². The van der Waals surface area contributed by atoms with E-state index < -0.39 is 0 Å². The highest BCUT2D eigenvalue weighted by Gasteiger charge is 2.47. The largest absolute Gasteiger partial charge is 0.329 e. The third kappa shape index (κ3) is 3.06. The summed E-state index contributed by atoms with van der Waals surface area (Å²) in [6, 6.07) is 0.756. The van der Waals surface area contributed by atoms with Crippen LogP contribution in [0.2, 0.25) is 0 Å². The minimum atomic E-state index is 0.247. The second-order valence-corrected chi connectivity index (χ2v) is 8.61. The van der Waals surface area contributed by atoms with Gasteiger partial charge in [-0.1, -0.05) is 40.5 Å². The standard InChI is InChI=1S/C18H36N2/c1-14-7-6-8-16(11-14)20(5)18(13-19)10-9-17(3,4)12-15(18)2/h14-16H,6-13,19H2,1-5H3. The van der Waals surface area contributed by atoms with Crippen molar-refractivity contribution in [2.45, 2.75) is 84.2 Å². The summed E-state index contributed by atoms with van der Waals surface area (Å²) in [7, 11) is 2.37. The van der Waals surface area contributed by atoms with Crippen molar-refractivity contribution >= 4 is 0 Å². The zero-order valence-corrected chi connectivity index (χ0v) is 14.4. The van der Waals surface area contributed by atoms with Crippen LogP contribution in [0.25, 0.3) is 0 Å². The van der Waals surface area contributed by atoms with E-state index in [2.05, 4.69) is 39.6 Å². The third-order valence-corrected chi connectivity index (χ3v) is 6.52. The first-order valence-electron chi connectivity index (χ1n) is 8.74. The molecule has 0 aromatic heterocycles. The minimum absolute atomic E-state index is 0.247. The van der Waals surface area contributed by atoms with Crippen LogP contribution >= 0.6 is 0 Å². The molecule has 0 radical (unpaired) electrons. The van der Waals surface area contributed by atoms with Gasteiger partial charge in [-0.2, -0.15) is 0 Å². The second-order valence-electron chi connectivity index (χ2n) is 8.61. The monoisotopic (exact) mass is 280 g/mol. The van der Waals surface area contributed by atoms with Crippen LogP contribution in [0.3, 0.4) is 0 Å². The molecule has 2 heteroatoms. The molecule has 0 bridgehead atoms. The minimum Gasteiger partial charge on any atom is -0.329 e. The second kappa shape index (κ2) is 5.96. The van der Waals surface area contributed by atoms with Gasteiger partial charge in [0.15, 0.2) is 0 Å². The number of likely N-dealkylation sites (N-methyl/N-ethyl adjacent to an activating group) is 1. The van der Waals surface area contributed by atoms with Crippen molar-refractivity contribution in [3.63, 3.8) is 0 Å². The molecule has 2 N–H and O–H groups in total. The van der Waals surface area contributed by atoms with Crippen LogP contribution in [-0.2, 0) is 0 Å². The summed E-state index contributed by atoms with van der Waals surface area (Å²) >= 11 is 0. The van der Waals surface area contributed by atoms with Gasteiger partial charge in [0.05, 0.1) is 0 Å². The number of hydrogen-bond donors (Lipinski definition) is 1. The van der Waals surface area contributed by atoms with Crippen LogP contribution in [0.4, 0.5) is 0 Å². The molecule has 0 spiro atoms. The summed E-state index contributed by atoms with van der Waals surface area (Å²) in [5.41, 5.74) is 7.06. The molecule has 2 aliphatic carbocycles. The van der Waals surface area contributed by atoms with E-state index in [1.165, 1.54) is 44.9 Å². The van der Waals surface area contributed by atoms with Crippen molar-refractivity contribution in [2.24, 2.45) is 23.0 Å². The summed E-state index contributed by atoms with van der Waals surface area (Å²) in [6.07, 6.45) is 9.48.